The Morgan fingerprint density at radius 1 is 1.10 bits per heavy atom. The molecule has 0 atom stereocenters. The van der Waals surface area contributed by atoms with Crippen molar-refractivity contribution < 1.29 is 27.5 Å². The Morgan fingerprint density at radius 3 is 2.47 bits per heavy atom. The number of carbonyl (C=O) groups is 2. The van der Waals surface area contributed by atoms with E-state index in [0.717, 1.165) is 12.5 Å². The van der Waals surface area contributed by atoms with E-state index in [1.54, 1.807) is 0 Å². The Kier molecular flexibility index (Phi) is 6.51. The second-order valence-corrected chi connectivity index (χ2v) is 7.32. The summed E-state index contributed by atoms with van der Waals surface area (Å²) in [4.78, 5) is 24.1. The molecule has 158 valence electrons. The van der Waals surface area contributed by atoms with Gasteiger partial charge in [0, 0.05) is 22.4 Å². The Morgan fingerprint density at radius 2 is 1.80 bits per heavy atom. The quantitative estimate of drug-likeness (QED) is 0.608. The van der Waals surface area contributed by atoms with Crippen LogP contribution in [0.25, 0.3) is 0 Å². The molecule has 0 spiro atoms. The number of allylic oxidation sites excluding steroid dienone is 1. The number of nitrogens with one attached hydrogen (secondary N) is 1. The fraction of sp³-hybridized carbons (Fsp3) is 0.273. The highest BCUT2D eigenvalue weighted by Crippen LogP contribution is 2.34. The van der Waals surface area contributed by atoms with Crippen LogP contribution < -0.4 is 10.1 Å². The van der Waals surface area contributed by atoms with Gasteiger partial charge in [-0.05, 0) is 50.5 Å². The number of Topliss-reactive ketones (excluding diaryl/α,β-unsaturated/α-hetero) is 1. The van der Waals surface area contributed by atoms with E-state index in [1.807, 2.05) is 0 Å². The lowest BCUT2D eigenvalue weighted by Gasteiger charge is -2.14. The largest absolute Gasteiger partial charge is 0.487 e. The fourth-order valence-corrected chi connectivity index (χ4v) is 3.60. The van der Waals surface area contributed by atoms with Crippen LogP contribution in [0.1, 0.15) is 37.3 Å². The van der Waals surface area contributed by atoms with E-state index in [4.69, 9.17) is 16.3 Å². The molecule has 0 aromatic heterocycles. The number of hydrogen-bond acceptors (Lipinski definition) is 3. The first-order chi connectivity index (χ1) is 14.2. The summed E-state index contributed by atoms with van der Waals surface area (Å²) in [5.41, 5.74) is 0.638. The van der Waals surface area contributed by atoms with Gasteiger partial charge in [0.25, 0.3) is 5.91 Å². The molecule has 1 aliphatic rings. The van der Waals surface area contributed by atoms with Gasteiger partial charge in [0.05, 0.1) is 10.6 Å². The lowest BCUT2D eigenvalue weighted by Crippen LogP contribution is -2.15. The van der Waals surface area contributed by atoms with Crippen LogP contribution in [0.2, 0.25) is 5.02 Å². The summed E-state index contributed by atoms with van der Waals surface area (Å²) in [6.45, 7) is 1.13. The first-order valence-electron chi connectivity index (χ1n) is 9.28. The van der Waals surface area contributed by atoms with Gasteiger partial charge >= 0.3 is 6.18 Å². The maximum absolute atomic E-state index is 13.1. The van der Waals surface area contributed by atoms with Crippen LogP contribution in [0.4, 0.5) is 18.9 Å². The zero-order valence-electron chi connectivity index (χ0n) is 16.1. The summed E-state index contributed by atoms with van der Waals surface area (Å²) in [6, 6.07) is 9.61. The van der Waals surface area contributed by atoms with E-state index < -0.39 is 11.7 Å². The van der Waals surface area contributed by atoms with Gasteiger partial charge < -0.3 is 10.1 Å². The van der Waals surface area contributed by atoms with Crippen molar-refractivity contribution >= 4 is 29.0 Å². The molecule has 0 radical (unpaired) electrons. The molecule has 1 amide bonds. The van der Waals surface area contributed by atoms with Crippen molar-refractivity contribution in [1.29, 1.82) is 0 Å². The molecule has 0 aliphatic heterocycles. The predicted molar refractivity (Wildman–Crippen MR) is 107 cm³/mol. The molecule has 0 fully saturated rings. The molecule has 2 aromatic carbocycles. The molecular formula is C22H19ClF3NO3. The average Bonchev–Trinajstić information content (AvgIpc) is 3.17. The minimum atomic E-state index is -4.48. The molecule has 0 saturated carbocycles. The van der Waals surface area contributed by atoms with Gasteiger partial charge in [-0.25, -0.2) is 0 Å². The lowest BCUT2D eigenvalue weighted by molar-refractivity contribution is -0.138. The van der Waals surface area contributed by atoms with E-state index in [1.165, 1.54) is 43.3 Å². The predicted octanol–water partition coefficient (Wildman–Crippen LogP) is 5.95. The van der Waals surface area contributed by atoms with Gasteiger partial charge in [-0.2, -0.15) is 13.2 Å². The van der Waals surface area contributed by atoms with Crippen molar-refractivity contribution in [2.75, 3.05) is 5.32 Å². The molecule has 0 unspecified atom stereocenters. The Balaban J connectivity index is 1.70. The van der Waals surface area contributed by atoms with E-state index in [-0.39, 0.29) is 34.6 Å². The zero-order valence-corrected chi connectivity index (χ0v) is 16.9. The first kappa shape index (κ1) is 21.9. The fourth-order valence-electron chi connectivity index (χ4n) is 3.36. The molecule has 0 saturated heterocycles. The molecular weight excluding hydrogens is 419 g/mol. The number of benzene rings is 2. The average molecular weight is 438 g/mol. The molecule has 0 heterocycles. The number of ketones is 1. The zero-order chi connectivity index (χ0) is 21.9. The van der Waals surface area contributed by atoms with Gasteiger partial charge in [0.1, 0.15) is 12.4 Å². The molecule has 0 bridgehead atoms. The second-order valence-electron chi connectivity index (χ2n) is 6.91. The van der Waals surface area contributed by atoms with Crippen molar-refractivity contribution in [3.8, 4) is 5.75 Å². The highest BCUT2D eigenvalue weighted by atomic mass is 35.5. The van der Waals surface area contributed by atoms with Gasteiger partial charge in [0.2, 0.25) is 0 Å². The normalized spacial score (nSPS) is 14.0. The van der Waals surface area contributed by atoms with Gasteiger partial charge in [-0.15, -0.1) is 0 Å². The Labute approximate surface area is 176 Å². The highest BCUT2D eigenvalue weighted by molar-refractivity contribution is 6.32. The van der Waals surface area contributed by atoms with Crippen LogP contribution in [0.3, 0.4) is 0 Å². The van der Waals surface area contributed by atoms with Crippen LogP contribution in [0, 0.1) is 0 Å². The lowest BCUT2D eigenvalue weighted by atomic mass is 10.1. The molecule has 1 aliphatic carbocycles. The number of anilines is 1. The molecule has 8 heteroatoms. The maximum Gasteiger partial charge on any atom is 0.416 e. The Hall–Kier alpha value is -2.80. The third kappa shape index (κ3) is 5.02. The monoisotopic (exact) mass is 437 g/mol. The molecule has 1 N–H and O–H groups in total. The van der Waals surface area contributed by atoms with Crippen LogP contribution in [-0.2, 0) is 22.4 Å². The SMILES string of the molecule is CC(=O)C1=C(C(=O)Nc2ccc(OCc3ccccc3C(F)(F)F)c(Cl)c2)CCC1. The number of rotatable bonds is 6. The number of carbonyl (C=O) groups excluding carboxylic acids is 2. The first-order valence-corrected chi connectivity index (χ1v) is 9.66. The molecule has 3 rings (SSSR count). The number of halogens is 4. The number of alkyl halides is 3. The summed E-state index contributed by atoms with van der Waals surface area (Å²) in [5, 5.41) is 2.84. The van der Waals surface area contributed by atoms with E-state index in [2.05, 4.69) is 5.32 Å². The third-order valence-corrected chi connectivity index (χ3v) is 5.11. The van der Waals surface area contributed by atoms with E-state index >= 15 is 0 Å². The van der Waals surface area contributed by atoms with E-state index in [0.29, 0.717) is 29.7 Å². The summed E-state index contributed by atoms with van der Waals surface area (Å²) in [6.07, 6.45) is -2.60. The van der Waals surface area contributed by atoms with Crippen LogP contribution >= 0.6 is 11.6 Å². The molecule has 4 nitrogen and oxygen atoms in total. The number of ether oxygens (including phenoxy) is 1. The summed E-state index contributed by atoms with van der Waals surface area (Å²) in [7, 11) is 0. The molecule has 2 aromatic rings. The standard InChI is InChI=1S/C22H19ClF3NO3/c1-13(28)16-6-4-7-17(16)21(29)27-15-9-10-20(19(23)11-15)30-12-14-5-2-3-8-18(14)22(24,25)26/h2-3,5,8-11H,4,6-7,12H2,1H3,(H,27,29). The van der Waals surface area contributed by atoms with Crippen molar-refractivity contribution in [3.63, 3.8) is 0 Å². The maximum atomic E-state index is 13.1. The smallest absolute Gasteiger partial charge is 0.416 e. The highest BCUT2D eigenvalue weighted by Gasteiger charge is 2.33. The van der Waals surface area contributed by atoms with Crippen molar-refractivity contribution in [1.82, 2.24) is 0 Å². The van der Waals surface area contributed by atoms with Crippen molar-refractivity contribution in [2.45, 2.75) is 39.0 Å². The van der Waals surface area contributed by atoms with Crippen molar-refractivity contribution in [2.24, 2.45) is 0 Å². The van der Waals surface area contributed by atoms with Crippen LogP contribution in [0.5, 0.6) is 5.75 Å². The van der Waals surface area contributed by atoms with Gasteiger partial charge in [0.15, 0.2) is 5.78 Å². The van der Waals surface area contributed by atoms with Crippen molar-refractivity contribution in [3.05, 3.63) is 69.8 Å². The topological polar surface area (TPSA) is 55.4 Å². The number of amides is 1. The molecule has 30 heavy (non-hydrogen) atoms. The van der Waals surface area contributed by atoms with Gasteiger partial charge in [-0.3, -0.25) is 9.59 Å². The second kappa shape index (κ2) is 8.92. The van der Waals surface area contributed by atoms with E-state index in [9.17, 15) is 22.8 Å². The minimum Gasteiger partial charge on any atom is -0.487 e. The minimum absolute atomic E-state index is 0.0108. The van der Waals surface area contributed by atoms with Crippen LogP contribution in [-0.4, -0.2) is 11.7 Å². The third-order valence-electron chi connectivity index (χ3n) is 4.81. The summed E-state index contributed by atoms with van der Waals surface area (Å²) in [5.74, 6) is -0.281. The van der Waals surface area contributed by atoms with Crippen LogP contribution in [0.15, 0.2) is 53.6 Å². The van der Waals surface area contributed by atoms with Gasteiger partial charge in [-0.1, -0.05) is 29.8 Å². The summed E-state index contributed by atoms with van der Waals surface area (Å²) < 4.78 is 44.7. The summed E-state index contributed by atoms with van der Waals surface area (Å²) >= 11 is 6.18. The number of hydrogen-bond donors (Lipinski definition) is 1. The Bertz CT molecular complexity index is 1010.